The van der Waals surface area contributed by atoms with Gasteiger partial charge in [-0.3, -0.25) is 0 Å². The van der Waals surface area contributed by atoms with E-state index in [0.717, 1.165) is 6.92 Å². The Kier molecular flexibility index (Phi) is 62.9. The molecule has 0 N–H and O–H groups in total. The molecule has 0 aromatic rings. The molecule has 52 valence electrons. The predicted molar refractivity (Wildman–Crippen MR) is 16.7 cm³/mol. The molecule has 0 heterocycles. The first-order chi connectivity index (χ1) is 3.15. The van der Waals surface area contributed by atoms with Gasteiger partial charge in [-0.2, -0.15) is 0 Å². The molecule has 4 nitrogen and oxygen atoms in total. The zero-order chi connectivity index (χ0) is 6.28. The number of rotatable bonds is 0. The molecule has 0 spiro atoms. The molecule has 0 amide bonds. The minimum absolute atomic E-state index is 0. The van der Waals surface area contributed by atoms with Crippen molar-refractivity contribution in [3.05, 3.63) is 0 Å². The summed E-state index contributed by atoms with van der Waals surface area (Å²) in [7, 11) is 0. The molecule has 0 bridgehead atoms. The molecule has 0 aromatic carbocycles. The van der Waals surface area contributed by atoms with Crippen LogP contribution in [0.15, 0.2) is 0 Å². The van der Waals surface area contributed by atoms with Crippen LogP contribution in [0, 0.1) is 0 Å². The van der Waals surface area contributed by atoms with Gasteiger partial charge in [-0.25, -0.2) is 0 Å². The summed E-state index contributed by atoms with van der Waals surface area (Å²) in [6.45, 7) is 0.472. The first-order valence-electron chi connectivity index (χ1n) is 1.38. The number of hydrogen-bond donors (Lipinski definition) is 0. The van der Waals surface area contributed by atoms with E-state index < -0.39 is 12.4 Å². The van der Waals surface area contributed by atoms with Crippen molar-refractivity contribution in [2.45, 2.75) is 6.92 Å². The summed E-state index contributed by atoms with van der Waals surface area (Å²) in [5, 5.41) is 17.1. The van der Waals surface area contributed by atoms with Crippen LogP contribution in [0.3, 0.4) is 0 Å². The molecule has 0 rings (SSSR count). The maximum Gasteiger partial charge on any atom is 3.00 e. The number of carboxylic acids is 1. The van der Waals surface area contributed by atoms with Gasteiger partial charge < -0.3 is 19.8 Å². The van der Waals surface area contributed by atoms with Gasteiger partial charge >= 0.3 is 34.1 Å². The number of hydrogen-bond acceptors (Lipinski definition) is 4. The number of carbonyl (C=O) groups excluding carboxylic acids is 2. The van der Waals surface area contributed by atoms with Gasteiger partial charge in [-0.1, -0.05) is 0 Å². The summed E-state index contributed by atoms with van der Waals surface area (Å²) < 4.78 is 0. The van der Waals surface area contributed by atoms with Crippen LogP contribution in [-0.4, -0.2) is 12.4 Å². The Morgan fingerprint density at radius 3 is 1.56 bits per heavy atom. The van der Waals surface area contributed by atoms with E-state index in [9.17, 15) is 0 Å². The normalized spacial score (nSPS) is 4.11. The molecule has 0 aliphatic rings. The molecule has 0 saturated heterocycles. The van der Waals surface area contributed by atoms with Gasteiger partial charge in [0.05, 0.1) is 0 Å². The van der Waals surface area contributed by atoms with Crippen molar-refractivity contribution in [2.75, 3.05) is 0 Å². The maximum absolute atomic E-state index is 8.89. The largest absolute Gasteiger partial charge is 3.00 e. The van der Waals surface area contributed by atoms with Crippen LogP contribution in [-0.2, 0) is 43.7 Å². The van der Waals surface area contributed by atoms with E-state index in [1.165, 1.54) is 0 Å². The second-order valence-corrected chi connectivity index (χ2v) is 0.588. The van der Waals surface area contributed by atoms with E-state index in [2.05, 4.69) is 0 Å². The third-order valence-corrected chi connectivity index (χ3v) is 0. The predicted octanol–water partition coefficient (Wildman–Crippen LogP) is -2.88. The molecule has 0 aromatic heterocycles. The van der Waals surface area contributed by atoms with Gasteiger partial charge in [0.25, 0.3) is 0 Å². The average molecular weight is 215 g/mol. The van der Waals surface area contributed by atoms with Crippen LogP contribution < -0.4 is 10.2 Å². The molecule has 2 radical (unpaired) electrons. The van der Waals surface area contributed by atoms with Gasteiger partial charge in [0.1, 0.15) is 0 Å². The SMILES string of the molecule is CC(=O)[O-].O=C[O-].[Co+2].[Cr+3]. The van der Waals surface area contributed by atoms with Crippen molar-refractivity contribution in [1.29, 1.82) is 0 Å². The smallest absolute Gasteiger partial charge is 0.554 e. The molecule has 0 unspecified atom stereocenters. The Hall–Kier alpha value is -0.0210. The number of carboxylic acid groups (broad SMARTS) is 2. The Balaban J connectivity index is -0.0000000233. The first kappa shape index (κ1) is 23.1. The molecular weight excluding hydrogens is 211 g/mol. The summed E-state index contributed by atoms with van der Waals surface area (Å²) in [4.78, 5) is 17.1. The molecule has 0 atom stereocenters. The monoisotopic (exact) mass is 215 g/mol. The van der Waals surface area contributed by atoms with Crippen molar-refractivity contribution in [3.8, 4) is 0 Å². The first-order valence-corrected chi connectivity index (χ1v) is 1.38. The molecule has 0 fully saturated rings. The standard InChI is InChI=1S/C2H4O2.CH2O2.Co.Cr/c1-2(3)4;2-1-3;;/h1H3,(H,3,4);1H,(H,2,3);;/q;;+2;+3/p-2. The van der Waals surface area contributed by atoms with Gasteiger partial charge in [0.2, 0.25) is 0 Å². The van der Waals surface area contributed by atoms with Crippen LogP contribution in [0.1, 0.15) is 6.92 Å². The van der Waals surface area contributed by atoms with E-state index >= 15 is 0 Å². The fourth-order valence-corrected chi connectivity index (χ4v) is 0. The second-order valence-electron chi connectivity index (χ2n) is 0.588. The van der Waals surface area contributed by atoms with Gasteiger partial charge in [-0.05, 0) is 6.92 Å². The minimum atomic E-state index is -1.08. The Morgan fingerprint density at radius 1 is 1.56 bits per heavy atom. The molecule has 0 aliphatic heterocycles. The number of carbonyl (C=O) groups is 2. The number of aliphatic carboxylic acids is 1. The quantitative estimate of drug-likeness (QED) is 0.406. The Labute approximate surface area is 73.6 Å². The van der Waals surface area contributed by atoms with E-state index in [4.69, 9.17) is 19.8 Å². The molecule has 9 heavy (non-hydrogen) atoms. The molecular formula is C3H4CoCrO4+3. The van der Waals surface area contributed by atoms with Crippen molar-refractivity contribution in [1.82, 2.24) is 0 Å². The summed E-state index contributed by atoms with van der Waals surface area (Å²) >= 11 is 0. The van der Waals surface area contributed by atoms with Crippen molar-refractivity contribution in [3.63, 3.8) is 0 Å². The molecule has 0 saturated carbocycles. The third kappa shape index (κ3) is 644000. The van der Waals surface area contributed by atoms with E-state index in [1.807, 2.05) is 0 Å². The Bertz CT molecular complexity index is 62.8. The van der Waals surface area contributed by atoms with Gasteiger partial charge in [0.15, 0.2) is 0 Å². The second kappa shape index (κ2) is 24.5. The van der Waals surface area contributed by atoms with Gasteiger partial charge in [-0.15, -0.1) is 0 Å². The van der Waals surface area contributed by atoms with Crippen LogP contribution in [0.2, 0.25) is 0 Å². The van der Waals surface area contributed by atoms with Crippen molar-refractivity contribution >= 4 is 12.4 Å². The van der Waals surface area contributed by atoms with Gasteiger partial charge in [0, 0.05) is 12.4 Å². The Morgan fingerprint density at radius 2 is 1.56 bits per heavy atom. The van der Waals surface area contributed by atoms with Crippen molar-refractivity contribution in [2.24, 2.45) is 0 Å². The zero-order valence-electron chi connectivity index (χ0n) is 4.45. The molecule has 0 aliphatic carbocycles. The topological polar surface area (TPSA) is 80.3 Å². The fourth-order valence-electron chi connectivity index (χ4n) is 0. The minimum Gasteiger partial charge on any atom is -0.554 e. The van der Waals surface area contributed by atoms with E-state index in [-0.39, 0.29) is 34.1 Å². The van der Waals surface area contributed by atoms with Crippen LogP contribution >= 0.6 is 0 Å². The summed E-state index contributed by atoms with van der Waals surface area (Å²) in [5.41, 5.74) is 0. The summed E-state index contributed by atoms with van der Waals surface area (Å²) in [5.74, 6) is -1.08. The fraction of sp³-hybridized carbons (Fsp3) is 0.333. The van der Waals surface area contributed by atoms with Crippen LogP contribution in [0.4, 0.5) is 0 Å². The summed E-state index contributed by atoms with van der Waals surface area (Å²) in [6.07, 6.45) is 0. The van der Waals surface area contributed by atoms with E-state index in [1.54, 1.807) is 0 Å². The average Bonchev–Trinajstić information content (AvgIpc) is 1.33. The van der Waals surface area contributed by atoms with Crippen LogP contribution in [0.5, 0.6) is 0 Å². The van der Waals surface area contributed by atoms with Crippen molar-refractivity contribution < 1.29 is 53.9 Å². The zero-order valence-corrected chi connectivity index (χ0v) is 6.77. The maximum atomic E-state index is 8.89. The third-order valence-electron chi connectivity index (χ3n) is 0. The summed E-state index contributed by atoms with van der Waals surface area (Å²) in [6, 6.07) is 0. The van der Waals surface area contributed by atoms with E-state index in [0.29, 0.717) is 0 Å². The molecule has 6 heteroatoms. The van der Waals surface area contributed by atoms with Crippen LogP contribution in [0.25, 0.3) is 0 Å².